The number of hydrogen-bond donors (Lipinski definition) is 0. The van der Waals surface area contributed by atoms with Gasteiger partial charge >= 0.3 is 0 Å². The first-order valence-electron chi connectivity index (χ1n) is 9.44. The monoisotopic (exact) mass is 330 g/mol. The molecule has 0 aromatic rings. The Morgan fingerprint density at radius 2 is 1.96 bits per heavy atom. The van der Waals surface area contributed by atoms with Crippen molar-refractivity contribution in [3.05, 3.63) is 23.3 Å². The molecule has 0 N–H and O–H groups in total. The Balaban J connectivity index is 1.66. The summed E-state index contributed by atoms with van der Waals surface area (Å²) in [4.78, 5) is 23.9. The highest BCUT2D eigenvalue weighted by molar-refractivity contribution is 5.98. The molecule has 0 radical (unpaired) electrons. The topological polar surface area (TPSA) is 34.1 Å². The predicted octanol–water partition coefficient (Wildman–Crippen LogP) is 4.59. The number of carbonyl (C=O) groups excluding carboxylic acids is 2. The predicted molar refractivity (Wildman–Crippen MR) is 91.2 cm³/mol. The first kappa shape index (κ1) is 16.2. The fraction of sp³-hybridized carbons (Fsp3) is 0.714. The van der Waals surface area contributed by atoms with Gasteiger partial charge in [-0.2, -0.15) is 0 Å². The summed E-state index contributed by atoms with van der Waals surface area (Å²) in [6.45, 7) is 3.69. The van der Waals surface area contributed by atoms with Crippen LogP contribution in [0.4, 0.5) is 4.39 Å². The van der Waals surface area contributed by atoms with E-state index in [0.29, 0.717) is 30.0 Å². The number of fused-ring (bicyclic) bond motifs is 5. The van der Waals surface area contributed by atoms with Gasteiger partial charge in [-0.1, -0.05) is 25.5 Å². The van der Waals surface area contributed by atoms with E-state index in [9.17, 15) is 14.0 Å². The van der Waals surface area contributed by atoms with E-state index in [0.717, 1.165) is 44.1 Å². The second-order valence-corrected chi connectivity index (χ2v) is 8.84. The van der Waals surface area contributed by atoms with Gasteiger partial charge in [0.25, 0.3) is 0 Å². The Morgan fingerprint density at radius 3 is 2.71 bits per heavy atom. The van der Waals surface area contributed by atoms with Crippen LogP contribution in [0.15, 0.2) is 23.3 Å². The highest BCUT2D eigenvalue weighted by atomic mass is 19.1. The number of carbonyl (C=O) groups is 2. The number of Topliss-reactive ketones (excluding diaryl/α,β-unsaturated/α-hetero) is 1. The van der Waals surface area contributed by atoms with Crippen molar-refractivity contribution >= 4 is 11.6 Å². The quantitative estimate of drug-likeness (QED) is 0.742. The summed E-state index contributed by atoms with van der Waals surface area (Å²) >= 11 is 0. The van der Waals surface area contributed by atoms with Gasteiger partial charge < -0.3 is 0 Å². The average molecular weight is 330 g/mol. The summed E-state index contributed by atoms with van der Waals surface area (Å²) in [5, 5.41) is 0. The van der Waals surface area contributed by atoms with E-state index in [1.54, 1.807) is 0 Å². The fourth-order valence-electron chi connectivity index (χ4n) is 6.63. The molecule has 0 bridgehead atoms. The van der Waals surface area contributed by atoms with Crippen LogP contribution in [0.3, 0.4) is 0 Å². The van der Waals surface area contributed by atoms with Crippen molar-refractivity contribution in [2.45, 2.75) is 58.8 Å². The van der Waals surface area contributed by atoms with Gasteiger partial charge in [-0.25, -0.2) is 4.39 Å². The highest BCUT2D eigenvalue weighted by Gasteiger charge is 2.57. The Kier molecular flexibility index (Phi) is 3.63. The van der Waals surface area contributed by atoms with E-state index in [-0.39, 0.29) is 16.6 Å². The van der Waals surface area contributed by atoms with Crippen molar-refractivity contribution in [1.82, 2.24) is 0 Å². The molecule has 0 aromatic carbocycles. The van der Waals surface area contributed by atoms with Crippen LogP contribution < -0.4 is 0 Å². The van der Waals surface area contributed by atoms with Crippen LogP contribution in [0.25, 0.3) is 0 Å². The molecule has 24 heavy (non-hydrogen) atoms. The zero-order valence-corrected chi connectivity index (χ0v) is 14.7. The van der Waals surface area contributed by atoms with Crippen LogP contribution in [0.5, 0.6) is 0 Å². The maximum Gasteiger partial charge on any atom is 0.190 e. The van der Waals surface area contributed by atoms with Crippen molar-refractivity contribution in [3.63, 3.8) is 0 Å². The summed E-state index contributed by atoms with van der Waals surface area (Å²) in [6, 6.07) is 0. The van der Waals surface area contributed by atoms with Crippen molar-refractivity contribution in [2.24, 2.45) is 28.6 Å². The van der Waals surface area contributed by atoms with Gasteiger partial charge in [0.05, 0.1) is 0 Å². The van der Waals surface area contributed by atoms with Gasteiger partial charge in [0.1, 0.15) is 0 Å². The molecule has 4 rings (SSSR count). The summed E-state index contributed by atoms with van der Waals surface area (Å²) < 4.78 is 13.0. The summed E-state index contributed by atoms with van der Waals surface area (Å²) in [5.41, 5.74) is 2.16. The van der Waals surface area contributed by atoms with Crippen LogP contribution >= 0.6 is 0 Å². The molecule has 5 atom stereocenters. The van der Waals surface area contributed by atoms with Gasteiger partial charge in [0.2, 0.25) is 0 Å². The second-order valence-electron chi connectivity index (χ2n) is 8.84. The number of alkyl halides is 1. The van der Waals surface area contributed by atoms with Crippen molar-refractivity contribution < 1.29 is 14.0 Å². The largest absolute Gasteiger partial charge is 0.295 e. The molecule has 0 spiro atoms. The normalized spacial score (nSPS) is 44.1. The van der Waals surface area contributed by atoms with Crippen molar-refractivity contribution in [2.75, 3.05) is 6.67 Å². The highest BCUT2D eigenvalue weighted by Crippen LogP contribution is 2.65. The van der Waals surface area contributed by atoms with Gasteiger partial charge in [-0.05, 0) is 73.2 Å². The number of rotatable bonds is 2. The molecular formula is C21H27FO2. The second kappa shape index (κ2) is 5.37. The lowest BCUT2D eigenvalue weighted by molar-refractivity contribution is -0.120. The third-order valence-electron chi connectivity index (χ3n) is 7.96. The fourth-order valence-corrected chi connectivity index (χ4v) is 6.63. The lowest BCUT2D eigenvalue weighted by Gasteiger charge is -2.57. The van der Waals surface area contributed by atoms with Crippen LogP contribution in [0.1, 0.15) is 58.8 Å². The molecule has 3 heteroatoms. The number of ketones is 2. The van der Waals surface area contributed by atoms with Gasteiger partial charge in [0.15, 0.2) is 18.2 Å². The lowest BCUT2D eigenvalue weighted by Crippen LogP contribution is -2.50. The van der Waals surface area contributed by atoms with Crippen molar-refractivity contribution in [3.8, 4) is 0 Å². The molecule has 0 unspecified atom stereocenters. The molecule has 0 aromatic heterocycles. The van der Waals surface area contributed by atoms with Gasteiger partial charge in [-0.15, -0.1) is 0 Å². The summed E-state index contributed by atoms with van der Waals surface area (Å²) in [6.07, 6.45) is 10.7. The summed E-state index contributed by atoms with van der Waals surface area (Å²) in [5.74, 6) is 1.67. The molecule has 0 saturated heterocycles. The van der Waals surface area contributed by atoms with Crippen LogP contribution in [0.2, 0.25) is 0 Å². The van der Waals surface area contributed by atoms with Crippen LogP contribution in [0, 0.1) is 28.6 Å². The molecule has 0 heterocycles. The molecular weight excluding hydrogens is 303 g/mol. The Labute approximate surface area is 143 Å². The molecule has 4 aliphatic carbocycles. The first-order chi connectivity index (χ1) is 11.4. The molecule has 0 amide bonds. The third kappa shape index (κ3) is 2.06. The minimum Gasteiger partial charge on any atom is -0.295 e. The molecule has 130 valence electrons. The SMILES string of the molecule is C[C@]12CCC(=O)C=C1CC[C@@H]1[C@@H]2CC[C@]2(C)C(C(=O)CF)=CC[C@@H]12. The van der Waals surface area contributed by atoms with Gasteiger partial charge in [0, 0.05) is 12.0 Å². The number of hydrogen-bond acceptors (Lipinski definition) is 2. The van der Waals surface area contributed by atoms with Crippen molar-refractivity contribution in [1.29, 1.82) is 0 Å². The van der Waals surface area contributed by atoms with Gasteiger partial charge in [-0.3, -0.25) is 9.59 Å². The van der Waals surface area contributed by atoms with Crippen LogP contribution in [-0.2, 0) is 9.59 Å². The smallest absolute Gasteiger partial charge is 0.190 e. The molecule has 2 nitrogen and oxygen atoms in total. The van der Waals surface area contributed by atoms with Crippen LogP contribution in [-0.4, -0.2) is 18.2 Å². The minimum atomic E-state index is -0.866. The zero-order chi connectivity index (χ0) is 17.1. The number of halogens is 1. The van der Waals surface area contributed by atoms with E-state index in [1.807, 2.05) is 12.2 Å². The molecule has 2 fully saturated rings. The zero-order valence-electron chi connectivity index (χ0n) is 14.7. The van der Waals surface area contributed by atoms with E-state index < -0.39 is 6.67 Å². The maximum atomic E-state index is 13.0. The minimum absolute atomic E-state index is 0.133. The van der Waals surface area contributed by atoms with E-state index in [4.69, 9.17) is 0 Å². The number of allylic oxidation sites excluding steroid dienone is 4. The Bertz CT molecular complexity index is 661. The van der Waals surface area contributed by atoms with E-state index in [2.05, 4.69) is 13.8 Å². The molecule has 0 aliphatic heterocycles. The van der Waals surface area contributed by atoms with E-state index >= 15 is 0 Å². The average Bonchev–Trinajstić information content (AvgIpc) is 2.92. The molecule has 2 saturated carbocycles. The maximum absolute atomic E-state index is 13.0. The lowest BCUT2D eigenvalue weighted by atomic mass is 9.47. The Hall–Kier alpha value is -1.25. The molecule has 4 aliphatic rings. The standard InChI is InChI=1S/C21H27FO2/c1-20-9-7-14(23)11-13(20)3-4-15-16-5-6-18(19(24)12-22)21(16,2)10-8-17(15)20/h6,11,15-17H,3-5,7-10,12H2,1-2H3/t15-,16-,17-,20-,21-/m0/s1. The third-order valence-corrected chi connectivity index (χ3v) is 7.96. The summed E-state index contributed by atoms with van der Waals surface area (Å²) in [7, 11) is 0. The first-order valence-corrected chi connectivity index (χ1v) is 9.44. The van der Waals surface area contributed by atoms with E-state index in [1.165, 1.54) is 5.57 Å². The Morgan fingerprint density at radius 1 is 1.17 bits per heavy atom.